The lowest BCUT2D eigenvalue weighted by molar-refractivity contribution is 0.123. The van der Waals surface area contributed by atoms with E-state index in [4.69, 9.17) is 8.85 Å². The summed E-state index contributed by atoms with van der Waals surface area (Å²) >= 11 is 0. The molecule has 0 bridgehead atoms. The van der Waals surface area contributed by atoms with Gasteiger partial charge in [-0.3, -0.25) is 0 Å². The molecular weight excluding hydrogens is 220 g/mol. The van der Waals surface area contributed by atoms with Crippen LogP contribution in [0.1, 0.15) is 20.3 Å². The average molecular weight is 249 g/mol. The van der Waals surface area contributed by atoms with Crippen LogP contribution in [0.4, 0.5) is 0 Å². The molecule has 0 fully saturated rings. The van der Waals surface area contributed by atoms with E-state index in [1.54, 1.807) is 0 Å². The van der Waals surface area contributed by atoms with Gasteiger partial charge in [0, 0.05) is 12.2 Å². The van der Waals surface area contributed by atoms with Crippen LogP contribution in [0.2, 0.25) is 39.3 Å². The summed E-state index contributed by atoms with van der Waals surface area (Å²) in [4.78, 5) is 0. The molecule has 0 N–H and O–H groups in total. The first-order valence-electron chi connectivity index (χ1n) is 5.85. The first-order chi connectivity index (χ1) is 6.49. The van der Waals surface area contributed by atoms with Gasteiger partial charge in [0.25, 0.3) is 0 Å². The van der Waals surface area contributed by atoms with Crippen molar-refractivity contribution in [3.63, 3.8) is 0 Å². The third-order valence-electron chi connectivity index (χ3n) is 1.77. The van der Waals surface area contributed by atoms with Gasteiger partial charge in [-0.05, 0) is 59.6 Å². The van der Waals surface area contributed by atoms with Crippen LogP contribution in [0.15, 0.2) is 0 Å². The Bertz CT molecular complexity index is 162. The quantitative estimate of drug-likeness (QED) is 0.665. The van der Waals surface area contributed by atoms with Gasteiger partial charge in [-0.2, -0.15) is 0 Å². The second-order valence-corrected chi connectivity index (χ2v) is 15.2. The molecule has 0 aromatic heterocycles. The van der Waals surface area contributed by atoms with E-state index in [0.29, 0.717) is 12.2 Å². The Balaban J connectivity index is 3.92. The SMILES string of the molecule is C[C@@H](C[C@H](C)O[Si](C)(C)C)O[Si](C)(C)C. The minimum Gasteiger partial charge on any atom is -0.415 e. The highest BCUT2D eigenvalue weighted by molar-refractivity contribution is 6.70. The molecule has 0 saturated heterocycles. The fraction of sp³-hybridized carbons (Fsp3) is 1.00. The van der Waals surface area contributed by atoms with Gasteiger partial charge in [-0.1, -0.05) is 0 Å². The van der Waals surface area contributed by atoms with Crippen LogP contribution in [0.25, 0.3) is 0 Å². The Morgan fingerprint density at radius 1 is 0.733 bits per heavy atom. The molecule has 0 aromatic rings. The lowest BCUT2D eigenvalue weighted by Gasteiger charge is -2.29. The predicted molar refractivity (Wildman–Crippen MR) is 72.4 cm³/mol. The van der Waals surface area contributed by atoms with Crippen LogP contribution in [-0.2, 0) is 8.85 Å². The van der Waals surface area contributed by atoms with E-state index in [9.17, 15) is 0 Å². The zero-order valence-corrected chi connectivity index (χ0v) is 13.7. The maximum Gasteiger partial charge on any atom is 0.184 e. The molecular formula is C11H28O2Si2. The van der Waals surface area contributed by atoms with Crippen molar-refractivity contribution < 1.29 is 8.85 Å². The Hall–Kier alpha value is 0.354. The van der Waals surface area contributed by atoms with E-state index < -0.39 is 16.6 Å². The monoisotopic (exact) mass is 248 g/mol. The normalized spacial score (nSPS) is 17.6. The zero-order chi connectivity index (χ0) is 12.3. The van der Waals surface area contributed by atoms with E-state index in [1.807, 2.05) is 0 Å². The summed E-state index contributed by atoms with van der Waals surface area (Å²) in [7, 11) is -2.78. The molecule has 0 aliphatic rings. The number of hydrogen-bond acceptors (Lipinski definition) is 2. The molecule has 0 aliphatic heterocycles. The van der Waals surface area contributed by atoms with Crippen LogP contribution in [0, 0.1) is 0 Å². The minimum absolute atomic E-state index is 0.322. The summed E-state index contributed by atoms with van der Waals surface area (Å²) < 4.78 is 12.0. The van der Waals surface area contributed by atoms with Crippen molar-refractivity contribution in [2.75, 3.05) is 0 Å². The summed E-state index contributed by atoms with van der Waals surface area (Å²) in [6.07, 6.45) is 1.65. The molecule has 0 saturated carbocycles. The first-order valence-corrected chi connectivity index (χ1v) is 12.7. The molecule has 92 valence electrons. The second kappa shape index (κ2) is 5.61. The van der Waals surface area contributed by atoms with E-state index in [0.717, 1.165) is 6.42 Å². The highest BCUT2D eigenvalue weighted by Crippen LogP contribution is 2.15. The van der Waals surface area contributed by atoms with Gasteiger partial charge in [0.05, 0.1) is 0 Å². The van der Waals surface area contributed by atoms with Gasteiger partial charge in [-0.15, -0.1) is 0 Å². The second-order valence-electron chi connectivity index (χ2n) is 6.32. The Labute approximate surface area is 97.6 Å². The standard InChI is InChI=1S/C11H28O2Si2/c1-10(12-14(3,4)5)9-11(2)13-15(6,7)8/h10-11H,9H2,1-8H3/t10-,11-/m0/s1. The first kappa shape index (κ1) is 15.4. The maximum atomic E-state index is 6.00. The molecule has 0 amide bonds. The molecule has 0 unspecified atom stereocenters. The zero-order valence-electron chi connectivity index (χ0n) is 11.7. The van der Waals surface area contributed by atoms with Gasteiger partial charge in [0.15, 0.2) is 16.6 Å². The highest BCUT2D eigenvalue weighted by atomic mass is 28.4. The fourth-order valence-electron chi connectivity index (χ4n) is 1.77. The molecule has 4 heteroatoms. The van der Waals surface area contributed by atoms with Crippen molar-refractivity contribution in [3.8, 4) is 0 Å². The average Bonchev–Trinajstić information content (AvgIpc) is 1.73. The van der Waals surface area contributed by atoms with Gasteiger partial charge >= 0.3 is 0 Å². The third kappa shape index (κ3) is 10.6. The summed E-state index contributed by atoms with van der Waals surface area (Å²) in [5.41, 5.74) is 0. The molecule has 0 rings (SSSR count). The van der Waals surface area contributed by atoms with Crippen molar-refractivity contribution in [2.45, 2.75) is 71.8 Å². The Morgan fingerprint density at radius 3 is 1.20 bits per heavy atom. The molecule has 0 aromatic carbocycles. The highest BCUT2D eigenvalue weighted by Gasteiger charge is 2.23. The largest absolute Gasteiger partial charge is 0.415 e. The topological polar surface area (TPSA) is 18.5 Å². The van der Waals surface area contributed by atoms with E-state index in [1.165, 1.54) is 0 Å². The van der Waals surface area contributed by atoms with Crippen molar-refractivity contribution in [1.82, 2.24) is 0 Å². The summed E-state index contributed by atoms with van der Waals surface area (Å²) in [6, 6.07) is 0. The van der Waals surface area contributed by atoms with Crippen molar-refractivity contribution in [2.24, 2.45) is 0 Å². The van der Waals surface area contributed by atoms with Gasteiger partial charge in [0.1, 0.15) is 0 Å². The van der Waals surface area contributed by atoms with E-state index >= 15 is 0 Å². The molecule has 0 radical (unpaired) electrons. The summed E-state index contributed by atoms with van der Waals surface area (Å²) in [5.74, 6) is 0. The van der Waals surface area contributed by atoms with Crippen LogP contribution < -0.4 is 0 Å². The number of hydrogen-bond donors (Lipinski definition) is 0. The van der Waals surface area contributed by atoms with E-state index in [2.05, 4.69) is 53.1 Å². The fourth-order valence-corrected chi connectivity index (χ4v) is 4.38. The van der Waals surface area contributed by atoms with Crippen LogP contribution in [-0.4, -0.2) is 28.8 Å². The molecule has 15 heavy (non-hydrogen) atoms. The lowest BCUT2D eigenvalue weighted by Crippen LogP contribution is -2.35. The third-order valence-corrected chi connectivity index (χ3v) is 3.99. The van der Waals surface area contributed by atoms with Crippen molar-refractivity contribution in [1.29, 1.82) is 0 Å². The van der Waals surface area contributed by atoms with Gasteiger partial charge in [0.2, 0.25) is 0 Å². The molecule has 2 atom stereocenters. The van der Waals surface area contributed by atoms with Crippen LogP contribution in [0.5, 0.6) is 0 Å². The van der Waals surface area contributed by atoms with Crippen LogP contribution >= 0.6 is 0 Å². The van der Waals surface area contributed by atoms with Gasteiger partial charge < -0.3 is 8.85 Å². The molecule has 0 aliphatic carbocycles. The lowest BCUT2D eigenvalue weighted by atomic mass is 10.2. The molecule has 0 spiro atoms. The predicted octanol–water partition coefficient (Wildman–Crippen LogP) is 3.86. The maximum absolute atomic E-state index is 6.00. The summed E-state index contributed by atoms with van der Waals surface area (Å²) in [5, 5.41) is 0. The molecule has 0 heterocycles. The van der Waals surface area contributed by atoms with Crippen LogP contribution in [0.3, 0.4) is 0 Å². The van der Waals surface area contributed by atoms with Crippen molar-refractivity contribution in [3.05, 3.63) is 0 Å². The minimum atomic E-state index is -1.39. The molecule has 2 nitrogen and oxygen atoms in total. The number of rotatable bonds is 6. The smallest absolute Gasteiger partial charge is 0.184 e. The Kier molecular flexibility index (Phi) is 5.75. The van der Waals surface area contributed by atoms with Crippen molar-refractivity contribution >= 4 is 16.6 Å². The Morgan fingerprint density at radius 2 is 1.00 bits per heavy atom. The van der Waals surface area contributed by atoms with Gasteiger partial charge in [-0.25, -0.2) is 0 Å². The summed E-state index contributed by atoms with van der Waals surface area (Å²) in [6.45, 7) is 17.7. The van der Waals surface area contributed by atoms with E-state index in [-0.39, 0.29) is 0 Å².